The van der Waals surface area contributed by atoms with E-state index in [2.05, 4.69) is 29.8 Å². The third-order valence-corrected chi connectivity index (χ3v) is 4.28. The quantitative estimate of drug-likeness (QED) is 0.907. The van der Waals surface area contributed by atoms with E-state index in [4.69, 9.17) is 0 Å². The van der Waals surface area contributed by atoms with Crippen LogP contribution in [0.1, 0.15) is 51.8 Å². The van der Waals surface area contributed by atoms with Gasteiger partial charge < -0.3 is 10.0 Å². The largest absolute Gasteiger partial charge is 0.387 e. The van der Waals surface area contributed by atoms with Gasteiger partial charge in [0.15, 0.2) is 0 Å². The summed E-state index contributed by atoms with van der Waals surface area (Å²) in [6, 6.07) is 4.02. The van der Waals surface area contributed by atoms with Gasteiger partial charge in [0.1, 0.15) is 0 Å². The molecule has 3 heteroatoms. The van der Waals surface area contributed by atoms with Gasteiger partial charge in [-0.05, 0) is 50.2 Å². The maximum absolute atomic E-state index is 9.49. The van der Waals surface area contributed by atoms with Crippen LogP contribution in [-0.4, -0.2) is 23.2 Å². The number of anilines is 1. The number of aromatic nitrogens is 1. The van der Waals surface area contributed by atoms with Gasteiger partial charge in [0.05, 0.1) is 23.7 Å². The number of hydrogen-bond acceptors (Lipinski definition) is 3. The average Bonchev–Trinajstić information content (AvgIpc) is 2.64. The topological polar surface area (TPSA) is 36.4 Å². The van der Waals surface area contributed by atoms with Crippen LogP contribution >= 0.6 is 0 Å². The number of aliphatic hydroxyl groups excluding tert-OH is 1. The first-order chi connectivity index (χ1) is 9.08. The molecule has 2 heterocycles. The van der Waals surface area contributed by atoms with Crippen molar-refractivity contribution in [2.24, 2.45) is 11.8 Å². The zero-order valence-electron chi connectivity index (χ0n) is 12.3. The molecule has 0 radical (unpaired) electrons. The molecule has 2 rings (SSSR count). The van der Waals surface area contributed by atoms with Gasteiger partial charge in [0.2, 0.25) is 0 Å². The average molecular weight is 262 g/mol. The fraction of sp³-hybridized carbons (Fsp3) is 0.688. The summed E-state index contributed by atoms with van der Waals surface area (Å²) in [6.45, 7) is 8.66. The molecule has 1 aromatic heterocycles. The minimum absolute atomic E-state index is 0.483. The highest BCUT2D eigenvalue weighted by Crippen LogP contribution is 2.27. The van der Waals surface area contributed by atoms with Crippen molar-refractivity contribution < 1.29 is 5.11 Å². The number of nitrogens with zero attached hydrogens (tertiary/aromatic N) is 2. The van der Waals surface area contributed by atoms with Gasteiger partial charge in [-0.2, -0.15) is 0 Å². The molecule has 1 N–H and O–H groups in total. The minimum atomic E-state index is -0.483. The summed E-state index contributed by atoms with van der Waals surface area (Å²) < 4.78 is 0. The van der Waals surface area contributed by atoms with Gasteiger partial charge in [-0.25, -0.2) is 0 Å². The summed E-state index contributed by atoms with van der Waals surface area (Å²) in [4.78, 5) is 6.78. The van der Waals surface area contributed by atoms with Crippen LogP contribution in [0.3, 0.4) is 0 Å². The Labute approximate surface area is 116 Å². The van der Waals surface area contributed by atoms with Crippen LogP contribution in [-0.2, 0) is 0 Å². The molecular formula is C16H26N2O. The Kier molecular flexibility index (Phi) is 4.81. The summed E-state index contributed by atoms with van der Waals surface area (Å²) in [6.07, 6.45) is 5.30. The van der Waals surface area contributed by atoms with Crippen molar-refractivity contribution in [3.8, 4) is 0 Å². The number of rotatable bonds is 3. The molecule has 2 atom stereocenters. The summed E-state index contributed by atoms with van der Waals surface area (Å²) in [7, 11) is 0. The third kappa shape index (κ3) is 3.69. The van der Waals surface area contributed by atoms with Gasteiger partial charge in [0, 0.05) is 13.1 Å². The highest BCUT2D eigenvalue weighted by molar-refractivity contribution is 5.44. The maximum Gasteiger partial charge on any atom is 0.0931 e. The van der Waals surface area contributed by atoms with Crippen molar-refractivity contribution in [2.75, 3.05) is 18.0 Å². The normalized spacial score (nSPS) is 22.4. The van der Waals surface area contributed by atoms with Gasteiger partial charge in [-0.15, -0.1) is 0 Å². The molecule has 0 amide bonds. The van der Waals surface area contributed by atoms with Crippen LogP contribution in [0.2, 0.25) is 0 Å². The zero-order chi connectivity index (χ0) is 13.8. The Balaban J connectivity index is 2.01. The smallest absolute Gasteiger partial charge is 0.0931 e. The van der Waals surface area contributed by atoms with Gasteiger partial charge >= 0.3 is 0 Å². The van der Waals surface area contributed by atoms with Crippen molar-refractivity contribution in [2.45, 2.75) is 46.1 Å². The molecule has 106 valence electrons. The summed E-state index contributed by atoms with van der Waals surface area (Å²) in [5, 5.41) is 9.49. The van der Waals surface area contributed by atoms with Crippen LogP contribution in [0.4, 0.5) is 5.69 Å². The number of hydrogen-bond donors (Lipinski definition) is 1. The van der Waals surface area contributed by atoms with E-state index >= 15 is 0 Å². The fourth-order valence-corrected chi connectivity index (χ4v) is 2.88. The Bertz CT molecular complexity index is 386. The first-order valence-electron chi connectivity index (χ1n) is 7.47. The van der Waals surface area contributed by atoms with E-state index in [1.54, 1.807) is 6.92 Å². The molecule has 0 saturated carbocycles. The van der Waals surface area contributed by atoms with E-state index in [1.165, 1.54) is 24.9 Å². The monoisotopic (exact) mass is 262 g/mol. The molecule has 1 unspecified atom stereocenters. The first kappa shape index (κ1) is 14.3. The second-order valence-corrected chi connectivity index (χ2v) is 6.04. The molecule has 1 aliphatic heterocycles. The SMILES string of the molecule is CC(C)C1CCCN(c2ccc([C@@H](C)O)nc2)CC1. The minimum Gasteiger partial charge on any atom is -0.387 e. The van der Waals surface area contributed by atoms with Crippen molar-refractivity contribution in [1.82, 2.24) is 4.98 Å². The number of pyridine rings is 1. The fourth-order valence-electron chi connectivity index (χ4n) is 2.88. The predicted molar refractivity (Wildman–Crippen MR) is 79.3 cm³/mol. The van der Waals surface area contributed by atoms with E-state index in [0.29, 0.717) is 0 Å². The predicted octanol–water partition coefficient (Wildman–Crippen LogP) is 3.40. The molecule has 0 aliphatic carbocycles. The Morgan fingerprint density at radius 1 is 1.21 bits per heavy atom. The highest BCUT2D eigenvalue weighted by Gasteiger charge is 2.19. The molecule has 1 aromatic rings. The van der Waals surface area contributed by atoms with Crippen LogP contribution in [0.15, 0.2) is 18.3 Å². The Morgan fingerprint density at radius 2 is 2.00 bits per heavy atom. The molecule has 3 nitrogen and oxygen atoms in total. The Morgan fingerprint density at radius 3 is 2.58 bits per heavy atom. The van der Waals surface area contributed by atoms with E-state index in [9.17, 15) is 5.11 Å². The molecule has 1 saturated heterocycles. The van der Waals surface area contributed by atoms with Gasteiger partial charge in [-0.3, -0.25) is 4.98 Å². The molecular weight excluding hydrogens is 236 g/mol. The van der Waals surface area contributed by atoms with Crippen molar-refractivity contribution >= 4 is 5.69 Å². The van der Waals surface area contributed by atoms with Gasteiger partial charge in [-0.1, -0.05) is 13.8 Å². The van der Waals surface area contributed by atoms with Crippen LogP contribution in [0.25, 0.3) is 0 Å². The van der Waals surface area contributed by atoms with Crippen molar-refractivity contribution in [3.05, 3.63) is 24.0 Å². The second-order valence-electron chi connectivity index (χ2n) is 6.04. The lowest BCUT2D eigenvalue weighted by Crippen LogP contribution is -2.24. The Hall–Kier alpha value is -1.09. The first-order valence-corrected chi connectivity index (χ1v) is 7.47. The van der Waals surface area contributed by atoms with E-state index in [1.807, 2.05) is 12.3 Å². The third-order valence-electron chi connectivity index (χ3n) is 4.28. The van der Waals surface area contributed by atoms with Crippen LogP contribution in [0.5, 0.6) is 0 Å². The number of aliphatic hydroxyl groups is 1. The summed E-state index contributed by atoms with van der Waals surface area (Å²) in [5.74, 6) is 1.64. The maximum atomic E-state index is 9.49. The second kappa shape index (κ2) is 6.38. The van der Waals surface area contributed by atoms with Crippen LogP contribution < -0.4 is 4.90 Å². The van der Waals surface area contributed by atoms with Crippen LogP contribution in [0, 0.1) is 11.8 Å². The molecule has 0 spiro atoms. The van der Waals surface area contributed by atoms with E-state index in [0.717, 1.165) is 30.6 Å². The van der Waals surface area contributed by atoms with Gasteiger partial charge in [0.25, 0.3) is 0 Å². The molecule has 1 aliphatic rings. The summed E-state index contributed by atoms with van der Waals surface area (Å²) in [5.41, 5.74) is 1.94. The lowest BCUT2D eigenvalue weighted by molar-refractivity contribution is 0.194. The van der Waals surface area contributed by atoms with Crippen molar-refractivity contribution in [3.63, 3.8) is 0 Å². The highest BCUT2D eigenvalue weighted by atomic mass is 16.3. The molecule has 0 aromatic carbocycles. The lowest BCUT2D eigenvalue weighted by atomic mass is 9.89. The zero-order valence-corrected chi connectivity index (χ0v) is 12.3. The molecule has 0 bridgehead atoms. The van der Waals surface area contributed by atoms with E-state index in [-0.39, 0.29) is 0 Å². The van der Waals surface area contributed by atoms with E-state index < -0.39 is 6.10 Å². The van der Waals surface area contributed by atoms with Crippen molar-refractivity contribution in [1.29, 1.82) is 0 Å². The standard InChI is InChI=1S/C16H26N2O/c1-12(2)14-5-4-9-18(10-8-14)15-6-7-16(13(3)19)17-11-15/h6-7,11-14,19H,4-5,8-10H2,1-3H3/t13-,14?/m1/s1. The molecule has 19 heavy (non-hydrogen) atoms. The summed E-state index contributed by atoms with van der Waals surface area (Å²) >= 11 is 0. The lowest BCUT2D eigenvalue weighted by Gasteiger charge is -2.23. The molecule has 1 fully saturated rings.